The Labute approximate surface area is 224 Å². The van der Waals surface area contributed by atoms with Crippen LogP contribution in [0.15, 0.2) is 24.3 Å². The molecule has 0 unspecified atom stereocenters. The number of ether oxygens (including phenoxy) is 1. The van der Waals surface area contributed by atoms with Crippen LogP contribution in [0.2, 0.25) is 0 Å². The molecule has 1 saturated heterocycles. The maximum Gasteiger partial charge on any atom is 0.408 e. The van der Waals surface area contributed by atoms with Crippen LogP contribution in [0, 0.1) is 25.2 Å². The average Bonchev–Trinajstić information content (AvgIpc) is 3.21. The summed E-state index contributed by atoms with van der Waals surface area (Å²) in [6.45, 7) is 5.97. The predicted molar refractivity (Wildman–Crippen MR) is 145 cm³/mol. The van der Waals surface area contributed by atoms with E-state index >= 15 is 0 Å². The third kappa shape index (κ3) is 7.65. The number of rotatable bonds is 9. The number of thioether (sulfide) groups is 1. The molecule has 1 heterocycles. The van der Waals surface area contributed by atoms with Gasteiger partial charge in [0.1, 0.15) is 6.04 Å². The lowest BCUT2D eigenvalue weighted by atomic mass is 9.83. The molecule has 1 aliphatic carbocycles. The lowest BCUT2D eigenvalue weighted by Crippen LogP contribution is -2.58. The van der Waals surface area contributed by atoms with E-state index in [4.69, 9.17) is 11.2 Å². The van der Waals surface area contributed by atoms with Crippen LogP contribution in [0.25, 0.3) is 0 Å². The summed E-state index contributed by atoms with van der Waals surface area (Å²) in [5.41, 5.74) is 2.07. The van der Waals surface area contributed by atoms with E-state index in [-0.39, 0.29) is 24.3 Å². The Bertz CT molecular complexity index is 1000. The van der Waals surface area contributed by atoms with Crippen LogP contribution >= 0.6 is 11.8 Å². The van der Waals surface area contributed by atoms with Crippen LogP contribution < -0.4 is 10.6 Å². The molecule has 0 radical (unpaired) electrons. The largest absolute Gasteiger partial charge is 0.436 e. The molecule has 3 atom stereocenters. The molecular formula is C28H39N3O5S. The minimum atomic E-state index is -1.51. The number of aliphatic hydroxyl groups is 1. The highest BCUT2D eigenvalue weighted by Crippen LogP contribution is 2.40. The number of amides is 3. The van der Waals surface area contributed by atoms with Crippen molar-refractivity contribution in [2.75, 3.05) is 12.5 Å². The second-order valence-electron chi connectivity index (χ2n) is 10.4. The van der Waals surface area contributed by atoms with Crippen molar-refractivity contribution in [3.8, 4) is 12.3 Å². The van der Waals surface area contributed by atoms with Crippen LogP contribution in [0.1, 0.15) is 63.5 Å². The first-order valence-corrected chi connectivity index (χ1v) is 13.9. The summed E-state index contributed by atoms with van der Waals surface area (Å²) in [5, 5.41) is 16.8. The smallest absolute Gasteiger partial charge is 0.408 e. The zero-order valence-electron chi connectivity index (χ0n) is 22.0. The number of nitrogens with zero attached hydrogens (tertiary/aromatic N) is 1. The van der Waals surface area contributed by atoms with Gasteiger partial charge in [-0.25, -0.2) is 4.79 Å². The summed E-state index contributed by atoms with van der Waals surface area (Å²) in [6.07, 6.45) is 8.65. The third-order valence-electron chi connectivity index (χ3n) is 7.33. The van der Waals surface area contributed by atoms with Crippen molar-refractivity contribution in [1.82, 2.24) is 15.5 Å². The molecular weight excluding hydrogens is 490 g/mol. The standard InChI is InChI=1S/C28H39N3O5S/c1-5-15-36-27(35)30-22(16-20-12-7-6-8-13-20)23(32)26(34)31-18-37-28(3,4)24(31)25(33)29-17-21-14-10-9-11-19(21)2/h1,9-11,14,20,22-24,32H,6-8,12-13,15-18H2,2-4H3,(H,29,33)(H,30,35)/t22-,23-,24+/m0/s1. The predicted octanol–water partition coefficient (Wildman–Crippen LogP) is 3.35. The third-order valence-corrected chi connectivity index (χ3v) is 8.70. The Morgan fingerprint density at radius 1 is 1.24 bits per heavy atom. The number of carbonyl (C=O) groups excluding carboxylic acids is 3. The monoisotopic (exact) mass is 529 g/mol. The summed E-state index contributed by atoms with van der Waals surface area (Å²) < 4.78 is 4.40. The molecule has 1 aliphatic heterocycles. The van der Waals surface area contributed by atoms with Gasteiger partial charge < -0.3 is 25.4 Å². The number of aliphatic hydroxyl groups excluding tert-OH is 1. The van der Waals surface area contributed by atoms with E-state index in [0.717, 1.165) is 36.8 Å². The fourth-order valence-electron chi connectivity index (χ4n) is 5.19. The van der Waals surface area contributed by atoms with Crippen molar-refractivity contribution in [3.63, 3.8) is 0 Å². The van der Waals surface area contributed by atoms with E-state index in [2.05, 4.69) is 16.6 Å². The second-order valence-corrected chi connectivity index (χ2v) is 12.0. The molecule has 8 nitrogen and oxygen atoms in total. The van der Waals surface area contributed by atoms with Gasteiger partial charge in [-0.3, -0.25) is 9.59 Å². The lowest BCUT2D eigenvalue weighted by molar-refractivity contribution is -0.147. The number of terminal acetylenes is 1. The second kappa shape index (κ2) is 13.2. The Morgan fingerprint density at radius 3 is 2.62 bits per heavy atom. The van der Waals surface area contributed by atoms with Gasteiger partial charge in [0.15, 0.2) is 12.7 Å². The lowest BCUT2D eigenvalue weighted by Gasteiger charge is -2.34. The molecule has 1 aromatic carbocycles. The fourth-order valence-corrected chi connectivity index (χ4v) is 6.33. The van der Waals surface area contributed by atoms with Gasteiger partial charge in [0, 0.05) is 11.3 Å². The van der Waals surface area contributed by atoms with E-state index in [1.807, 2.05) is 45.0 Å². The van der Waals surface area contributed by atoms with Gasteiger partial charge in [-0.2, -0.15) is 0 Å². The summed E-state index contributed by atoms with van der Waals surface area (Å²) in [6, 6.07) is 6.19. The number of hydrogen-bond donors (Lipinski definition) is 3. The van der Waals surface area contributed by atoms with Crippen molar-refractivity contribution in [3.05, 3.63) is 35.4 Å². The minimum absolute atomic E-state index is 0.202. The number of nitrogens with one attached hydrogen (secondary N) is 2. The average molecular weight is 530 g/mol. The van der Waals surface area contributed by atoms with Crippen molar-refractivity contribution >= 4 is 29.7 Å². The van der Waals surface area contributed by atoms with E-state index in [1.165, 1.54) is 23.1 Å². The number of hydrogen-bond acceptors (Lipinski definition) is 6. The molecule has 3 N–H and O–H groups in total. The van der Waals surface area contributed by atoms with Crippen molar-refractivity contribution in [2.45, 2.75) is 88.8 Å². The number of alkyl carbamates (subject to hydrolysis) is 1. The first-order chi connectivity index (χ1) is 17.6. The highest BCUT2D eigenvalue weighted by molar-refractivity contribution is 8.00. The van der Waals surface area contributed by atoms with Crippen LogP contribution in [-0.4, -0.2) is 63.3 Å². The molecule has 2 fully saturated rings. The van der Waals surface area contributed by atoms with Gasteiger partial charge in [0.05, 0.1) is 11.9 Å². The normalized spacial score (nSPS) is 20.9. The van der Waals surface area contributed by atoms with Gasteiger partial charge in [-0.05, 0) is 44.2 Å². The van der Waals surface area contributed by atoms with Crippen molar-refractivity contribution in [2.24, 2.45) is 5.92 Å². The van der Waals surface area contributed by atoms with Gasteiger partial charge in [0.2, 0.25) is 5.91 Å². The Balaban J connectivity index is 1.74. The zero-order chi connectivity index (χ0) is 27.0. The molecule has 9 heteroatoms. The summed E-state index contributed by atoms with van der Waals surface area (Å²) >= 11 is 1.49. The maximum absolute atomic E-state index is 13.6. The minimum Gasteiger partial charge on any atom is -0.436 e. The van der Waals surface area contributed by atoms with Gasteiger partial charge in [-0.1, -0.05) is 62.3 Å². The first kappa shape index (κ1) is 28.9. The molecule has 0 aromatic heterocycles. The molecule has 3 amide bonds. The van der Waals surface area contributed by atoms with Gasteiger partial charge in [-0.15, -0.1) is 18.2 Å². The molecule has 3 rings (SSSR count). The number of carbonyl (C=O) groups is 3. The molecule has 37 heavy (non-hydrogen) atoms. The van der Waals surface area contributed by atoms with Crippen LogP contribution in [-0.2, 0) is 20.9 Å². The summed E-state index contributed by atoms with van der Waals surface area (Å²) in [5.74, 6) is 1.94. The summed E-state index contributed by atoms with van der Waals surface area (Å²) in [4.78, 5) is 40.7. The zero-order valence-corrected chi connectivity index (χ0v) is 22.8. The SMILES string of the molecule is C#CCOC(=O)N[C@@H](CC1CCCCC1)[C@H](O)C(=O)N1CSC(C)(C)[C@H]1C(=O)NCc1ccccc1C. The molecule has 2 aliphatic rings. The Morgan fingerprint density at radius 2 is 1.95 bits per heavy atom. The number of benzene rings is 1. The Hall–Kier alpha value is -2.70. The van der Waals surface area contributed by atoms with Crippen LogP contribution in [0.5, 0.6) is 0 Å². The molecule has 0 spiro atoms. The highest BCUT2D eigenvalue weighted by Gasteiger charge is 2.50. The fraction of sp³-hybridized carbons (Fsp3) is 0.607. The van der Waals surface area contributed by atoms with E-state index < -0.39 is 34.9 Å². The van der Waals surface area contributed by atoms with E-state index in [9.17, 15) is 19.5 Å². The quantitative estimate of drug-likeness (QED) is 0.424. The molecule has 1 aromatic rings. The summed E-state index contributed by atoms with van der Waals surface area (Å²) in [7, 11) is 0. The van der Waals surface area contributed by atoms with Crippen molar-refractivity contribution < 1.29 is 24.2 Å². The topological polar surface area (TPSA) is 108 Å². The highest BCUT2D eigenvalue weighted by atomic mass is 32.2. The first-order valence-electron chi connectivity index (χ1n) is 13.0. The van der Waals surface area contributed by atoms with Crippen molar-refractivity contribution in [1.29, 1.82) is 0 Å². The molecule has 1 saturated carbocycles. The van der Waals surface area contributed by atoms with Crippen LogP contribution in [0.4, 0.5) is 4.79 Å². The van der Waals surface area contributed by atoms with E-state index in [0.29, 0.717) is 13.0 Å². The number of aryl methyl sites for hydroxylation is 1. The van der Waals surface area contributed by atoms with Gasteiger partial charge >= 0.3 is 6.09 Å². The maximum atomic E-state index is 13.6. The van der Waals surface area contributed by atoms with E-state index in [1.54, 1.807) is 0 Å². The Kier molecular flexibility index (Phi) is 10.3. The molecule has 202 valence electrons. The van der Waals surface area contributed by atoms with Gasteiger partial charge in [0.25, 0.3) is 5.91 Å². The molecule has 0 bridgehead atoms. The van der Waals surface area contributed by atoms with Crippen LogP contribution in [0.3, 0.4) is 0 Å².